The number of hydrogen-bond donors (Lipinski definition) is 0. The molecule has 0 radical (unpaired) electrons. The van der Waals surface area contributed by atoms with Crippen LogP contribution in [0.2, 0.25) is 0 Å². The fraction of sp³-hybridized carbons (Fsp3) is 0.222. The smallest absolute Gasteiger partial charge is 0.383 e. The van der Waals surface area contributed by atoms with Gasteiger partial charge in [0.15, 0.2) is 0 Å². The normalized spacial score (nSPS) is 9.30. The van der Waals surface area contributed by atoms with Gasteiger partial charge in [-0.1, -0.05) is 8.80 Å². The van der Waals surface area contributed by atoms with Crippen LogP contribution >= 0.6 is 11.3 Å². The third-order valence-electron chi connectivity index (χ3n) is 1.35. The number of isocyanates is 2. The highest BCUT2D eigenvalue weighted by molar-refractivity contribution is 7.89. The van der Waals surface area contributed by atoms with Crippen molar-refractivity contribution in [3.05, 3.63) is 22.1 Å². The van der Waals surface area contributed by atoms with Gasteiger partial charge in [0.1, 0.15) is 10.7 Å². The SMILES string of the molecule is CCOC(=O)c1cc(F)cs1.O=C=NS(=O)(=O)N=C=O. The van der Waals surface area contributed by atoms with Gasteiger partial charge in [0.25, 0.3) is 12.2 Å². The molecule has 0 spiro atoms. The molecule has 0 bridgehead atoms. The Hall–Kier alpha value is -2.19. The van der Waals surface area contributed by atoms with Crippen molar-refractivity contribution >= 4 is 39.7 Å². The molecule has 0 atom stereocenters. The van der Waals surface area contributed by atoms with Gasteiger partial charge in [0.05, 0.1) is 6.61 Å². The summed E-state index contributed by atoms with van der Waals surface area (Å²) in [6.45, 7) is 2.03. The monoisotopic (exact) mass is 322 g/mol. The Balaban J connectivity index is 0.000000370. The molecule has 0 aliphatic heterocycles. The molecule has 1 heterocycles. The van der Waals surface area contributed by atoms with Crippen molar-refractivity contribution in [1.29, 1.82) is 0 Å². The molecular formula is C9H7FN2O6S2. The van der Waals surface area contributed by atoms with Crippen molar-refractivity contribution in [2.24, 2.45) is 8.80 Å². The molecule has 20 heavy (non-hydrogen) atoms. The largest absolute Gasteiger partial charge is 0.462 e. The van der Waals surface area contributed by atoms with Crippen molar-refractivity contribution in [2.75, 3.05) is 6.61 Å². The average molecular weight is 322 g/mol. The second-order valence-corrected chi connectivity index (χ2v) is 4.83. The molecule has 1 aromatic heterocycles. The Morgan fingerprint density at radius 3 is 2.30 bits per heavy atom. The predicted molar refractivity (Wildman–Crippen MR) is 65.4 cm³/mol. The van der Waals surface area contributed by atoms with Crippen LogP contribution in [0.5, 0.6) is 0 Å². The highest BCUT2D eigenvalue weighted by atomic mass is 32.2. The zero-order valence-corrected chi connectivity index (χ0v) is 11.5. The fourth-order valence-corrected chi connectivity index (χ4v) is 1.61. The maximum absolute atomic E-state index is 12.3. The minimum atomic E-state index is -4.28. The molecule has 1 aromatic rings. The van der Waals surface area contributed by atoms with Crippen LogP contribution in [-0.4, -0.2) is 33.2 Å². The number of hydrogen-bond acceptors (Lipinski definition) is 7. The van der Waals surface area contributed by atoms with Gasteiger partial charge in [-0.05, 0) is 13.0 Å². The van der Waals surface area contributed by atoms with Crippen LogP contribution in [-0.2, 0) is 24.5 Å². The van der Waals surface area contributed by atoms with Crippen LogP contribution in [0.3, 0.4) is 0 Å². The predicted octanol–water partition coefficient (Wildman–Crippen LogP) is 0.967. The highest BCUT2D eigenvalue weighted by Gasteiger charge is 2.08. The number of nitrogens with zero attached hydrogens (tertiary/aromatic N) is 2. The molecule has 0 saturated carbocycles. The van der Waals surface area contributed by atoms with Gasteiger partial charge in [-0.3, -0.25) is 0 Å². The van der Waals surface area contributed by atoms with Crippen molar-refractivity contribution in [1.82, 2.24) is 0 Å². The first-order chi connectivity index (χ1) is 9.36. The molecule has 108 valence electrons. The molecule has 0 saturated heterocycles. The standard InChI is InChI=1S/C7H7FO2S.C2N2O4S/c1-2-10-7(9)6-3-5(8)4-11-6;5-1-3-9(7,8)4-2-6/h3-4H,2H2,1H3;. The first-order valence-electron chi connectivity index (χ1n) is 4.70. The molecule has 11 heteroatoms. The van der Waals surface area contributed by atoms with Crippen LogP contribution in [0.4, 0.5) is 4.39 Å². The number of esters is 1. The van der Waals surface area contributed by atoms with E-state index in [-0.39, 0.29) is 0 Å². The van der Waals surface area contributed by atoms with Crippen LogP contribution in [0.15, 0.2) is 20.2 Å². The minimum absolute atomic E-state index is 0.310. The van der Waals surface area contributed by atoms with E-state index in [4.69, 9.17) is 0 Å². The lowest BCUT2D eigenvalue weighted by Gasteiger charge is -1.95. The molecule has 0 aliphatic carbocycles. The summed E-state index contributed by atoms with van der Waals surface area (Å²) >= 11 is 1.05. The zero-order valence-electron chi connectivity index (χ0n) is 9.90. The van der Waals surface area contributed by atoms with Gasteiger partial charge in [-0.2, -0.15) is 8.42 Å². The lowest BCUT2D eigenvalue weighted by molar-refractivity contribution is 0.0531. The van der Waals surface area contributed by atoms with Crippen LogP contribution < -0.4 is 0 Å². The summed E-state index contributed by atoms with van der Waals surface area (Å²) in [7, 11) is -4.28. The van der Waals surface area contributed by atoms with Crippen LogP contribution in [0.1, 0.15) is 16.6 Å². The van der Waals surface area contributed by atoms with Gasteiger partial charge in [-0.25, -0.2) is 18.8 Å². The van der Waals surface area contributed by atoms with Gasteiger partial charge in [0, 0.05) is 5.38 Å². The zero-order chi connectivity index (χ0) is 15.6. The highest BCUT2D eigenvalue weighted by Crippen LogP contribution is 2.13. The number of carbonyl (C=O) groups excluding carboxylic acids is 3. The summed E-state index contributed by atoms with van der Waals surface area (Å²) in [5.41, 5.74) is 0. The van der Waals surface area contributed by atoms with Crippen molar-refractivity contribution in [3.63, 3.8) is 0 Å². The molecule has 0 unspecified atom stereocenters. The third kappa shape index (κ3) is 7.29. The molecule has 0 N–H and O–H groups in total. The molecule has 8 nitrogen and oxygen atoms in total. The van der Waals surface area contributed by atoms with E-state index >= 15 is 0 Å². The van der Waals surface area contributed by atoms with E-state index in [9.17, 15) is 27.2 Å². The van der Waals surface area contributed by atoms with Gasteiger partial charge < -0.3 is 4.74 Å². The second kappa shape index (κ2) is 8.83. The summed E-state index contributed by atoms with van der Waals surface area (Å²) < 4.78 is 41.3. The molecule has 0 fully saturated rings. The Labute approximate surface area is 116 Å². The third-order valence-corrected chi connectivity index (χ3v) is 2.84. The van der Waals surface area contributed by atoms with Crippen LogP contribution in [0, 0.1) is 5.82 Å². The van der Waals surface area contributed by atoms with E-state index in [2.05, 4.69) is 13.5 Å². The maximum atomic E-state index is 12.3. The number of halogens is 1. The van der Waals surface area contributed by atoms with Crippen LogP contribution in [0.25, 0.3) is 0 Å². The molecule has 0 aliphatic rings. The Kier molecular flexibility index (Phi) is 7.87. The first kappa shape index (κ1) is 17.8. The number of ether oxygens (including phenoxy) is 1. The Morgan fingerprint density at radius 2 is 1.95 bits per heavy atom. The molecule has 0 amide bonds. The summed E-state index contributed by atoms with van der Waals surface area (Å²) in [4.78, 5) is 29.7. The van der Waals surface area contributed by atoms with Crippen molar-refractivity contribution in [2.45, 2.75) is 6.92 Å². The molecule has 0 aromatic carbocycles. The molecule has 1 rings (SSSR count). The summed E-state index contributed by atoms with van der Waals surface area (Å²) in [5, 5.41) is 1.27. The van der Waals surface area contributed by atoms with E-state index < -0.39 is 22.0 Å². The first-order valence-corrected chi connectivity index (χ1v) is 6.98. The van der Waals surface area contributed by atoms with Crippen molar-refractivity contribution in [3.8, 4) is 0 Å². The van der Waals surface area contributed by atoms with Gasteiger partial charge in [-0.15, -0.1) is 11.3 Å². The van der Waals surface area contributed by atoms with Gasteiger partial charge in [0.2, 0.25) is 0 Å². The quantitative estimate of drug-likeness (QED) is 0.463. The number of carbonyl (C=O) groups is 1. The Morgan fingerprint density at radius 1 is 1.40 bits per heavy atom. The number of thiophene rings is 1. The summed E-state index contributed by atoms with van der Waals surface area (Å²) in [6, 6.07) is 1.17. The topological polar surface area (TPSA) is 119 Å². The van der Waals surface area contributed by atoms with Crippen molar-refractivity contribution < 1.29 is 31.9 Å². The van der Waals surface area contributed by atoms with E-state index in [0.29, 0.717) is 23.6 Å². The maximum Gasteiger partial charge on any atom is 0.383 e. The number of rotatable bonds is 4. The van der Waals surface area contributed by atoms with E-state index in [1.807, 2.05) is 0 Å². The average Bonchev–Trinajstić information content (AvgIpc) is 2.77. The van der Waals surface area contributed by atoms with Gasteiger partial charge >= 0.3 is 16.2 Å². The second-order valence-electron chi connectivity index (χ2n) is 2.66. The summed E-state index contributed by atoms with van der Waals surface area (Å²) in [6.07, 6.45) is 1.41. The Bertz CT molecular complexity index is 632. The lowest BCUT2D eigenvalue weighted by Crippen LogP contribution is -2.01. The van der Waals surface area contributed by atoms with E-state index in [1.54, 1.807) is 6.92 Å². The van der Waals surface area contributed by atoms with E-state index in [0.717, 1.165) is 11.3 Å². The fourth-order valence-electron chi connectivity index (χ4n) is 0.737. The van der Waals surface area contributed by atoms with E-state index in [1.165, 1.54) is 11.4 Å². The molecular weight excluding hydrogens is 315 g/mol. The lowest BCUT2D eigenvalue weighted by atomic mass is 10.5. The minimum Gasteiger partial charge on any atom is -0.462 e. The summed E-state index contributed by atoms with van der Waals surface area (Å²) in [5.74, 6) is -0.848.